The summed E-state index contributed by atoms with van der Waals surface area (Å²) in [5.74, 6) is -4.18. The minimum atomic E-state index is -5.04. The van der Waals surface area contributed by atoms with E-state index in [2.05, 4.69) is 20.7 Å². The van der Waals surface area contributed by atoms with Crippen LogP contribution in [-0.2, 0) is 33.4 Å². The highest BCUT2D eigenvalue weighted by molar-refractivity contribution is 5.95. The molecule has 10 nitrogen and oxygen atoms in total. The Morgan fingerprint density at radius 3 is 2.36 bits per heavy atom. The third kappa shape index (κ3) is 8.63. The Kier molecular flexibility index (Phi) is 9.20. The topological polar surface area (TPSA) is 140 Å². The van der Waals surface area contributed by atoms with Gasteiger partial charge in [0.2, 0.25) is 11.8 Å². The van der Waals surface area contributed by atoms with E-state index in [0.29, 0.717) is 13.0 Å². The fraction of sp³-hybridized carbons (Fsp3) is 0.750. The van der Waals surface area contributed by atoms with Gasteiger partial charge in [0.1, 0.15) is 12.6 Å². The third-order valence-electron chi connectivity index (χ3n) is 5.28. The monoisotopic (exact) mass is 479 g/mol. The lowest BCUT2D eigenvalue weighted by molar-refractivity contribution is -0.321. The fourth-order valence-corrected chi connectivity index (χ4v) is 3.63. The summed E-state index contributed by atoms with van der Waals surface area (Å²) in [6, 6.07) is -2.56. The number of cyclic esters (lactones) is 1. The second kappa shape index (κ2) is 11.4. The van der Waals surface area contributed by atoms with E-state index in [9.17, 15) is 37.1 Å². The number of nitrogens with one attached hydrogen (secondary N) is 3. The summed E-state index contributed by atoms with van der Waals surface area (Å²) in [7, 11) is 0. The number of hydrogen-bond acceptors (Lipinski definition) is 7. The van der Waals surface area contributed by atoms with E-state index in [-0.39, 0.29) is 37.5 Å². The van der Waals surface area contributed by atoms with E-state index < -0.39 is 60.6 Å². The average Bonchev–Trinajstić information content (AvgIpc) is 3.32. The summed E-state index contributed by atoms with van der Waals surface area (Å²) in [4.78, 5) is 60.9. The van der Waals surface area contributed by atoms with Crippen LogP contribution in [0.5, 0.6) is 0 Å². The lowest BCUT2D eigenvalue weighted by Crippen LogP contribution is -2.54. The fourth-order valence-electron chi connectivity index (χ4n) is 3.63. The number of ketones is 1. The van der Waals surface area contributed by atoms with Gasteiger partial charge in [-0.05, 0) is 25.2 Å². The maximum absolute atomic E-state index is 12.9. The molecule has 0 bridgehead atoms. The zero-order valence-electron chi connectivity index (χ0n) is 18.3. The minimum absolute atomic E-state index is 0.0678. The van der Waals surface area contributed by atoms with E-state index in [4.69, 9.17) is 4.74 Å². The number of carbonyl (C=O) groups excluding carboxylic acids is 5. The number of Topliss-reactive ketones (excluding diaryl/α,β-unsaturated/α-hetero) is 1. The molecule has 0 aromatic heterocycles. The number of alkyl halides is 3. The van der Waals surface area contributed by atoms with Crippen LogP contribution < -0.4 is 16.0 Å². The van der Waals surface area contributed by atoms with Crippen molar-refractivity contribution in [1.29, 1.82) is 0 Å². The second-order valence-electron chi connectivity index (χ2n) is 8.48. The van der Waals surface area contributed by atoms with Crippen molar-refractivity contribution < 1.29 is 46.6 Å². The standard InChI is InChI=1S/C20H28F3N3O7/c1-10(2)7-13(26-19(31)15-3-4-16(28)33-15)18(30)25-12(8-11-5-6-24-17(11)29)14(27)9-32-20(21,22)23/h10-13,15H,3-9H2,1-2H3,(H,24,29)(H,25,30)(H,26,31)/t11-,12-,13-,15?/m0/s1. The van der Waals surface area contributed by atoms with E-state index in [0.717, 1.165) is 0 Å². The summed E-state index contributed by atoms with van der Waals surface area (Å²) in [6.07, 6.45) is -5.55. The van der Waals surface area contributed by atoms with Gasteiger partial charge in [0.05, 0.1) is 6.04 Å². The smallest absolute Gasteiger partial charge is 0.452 e. The van der Waals surface area contributed by atoms with Gasteiger partial charge in [-0.25, -0.2) is 0 Å². The molecule has 0 saturated carbocycles. The van der Waals surface area contributed by atoms with Crippen LogP contribution in [0.15, 0.2) is 0 Å². The van der Waals surface area contributed by atoms with Crippen LogP contribution in [0.4, 0.5) is 13.2 Å². The molecule has 1 unspecified atom stereocenters. The quantitative estimate of drug-likeness (QED) is 0.363. The Bertz CT molecular complexity index is 772. The maximum atomic E-state index is 12.9. The summed E-state index contributed by atoms with van der Waals surface area (Å²) in [5, 5.41) is 7.42. The van der Waals surface area contributed by atoms with Gasteiger partial charge < -0.3 is 20.7 Å². The van der Waals surface area contributed by atoms with Crippen LogP contribution in [0.2, 0.25) is 0 Å². The largest absolute Gasteiger partial charge is 0.522 e. The molecule has 33 heavy (non-hydrogen) atoms. The zero-order chi connectivity index (χ0) is 24.8. The van der Waals surface area contributed by atoms with E-state index >= 15 is 0 Å². The van der Waals surface area contributed by atoms with Crippen LogP contribution >= 0.6 is 0 Å². The molecule has 0 aromatic carbocycles. The van der Waals surface area contributed by atoms with Crippen molar-refractivity contribution in [3.8, 4) is 0 Å². The van der Waals surface area contributed by atoms with Crippen LogP contribution in [0.3, 0.4) is 0 Å². The summed E-state index contributed by atoms with van der Waals surface area (Å²) in [5.41, 5.74) is 0. The minimum Gasteiger partial charge on any atom is -0.452 e. The van der Waals surface area contributed by atoms with Crippen molar-refractivity contribution in [2.45, 2.75) is 70.5 Å². The van der Waals surface area contributed by atoms with Gasteiger partial charge in [0.15, 0.2) is 11.9 Å². The van der Waals surface area contributed by atoms with Crippen molar-refractivity contribution >= 4 is 29.5 Å². The Hall–Kier alpha value is -2.70. The molecule has 2 rings (SSSR count). The predicted molar refractivity (Wildman–Crippen MR) is 105 cm³/mol. The zero-order valence-corrected chi connectivity index (χ0v) is 18.3. The lowest BCUT2D eigenvalue weighted by atomic mass is 9.95. The molecular weight excluding hydrogens is 451 g/mol. The number of amides is 3. The van der Waals surface area contributed by atoms with E-state index in [1.54, 1.807) is 13.8 Å². The summed E-state index contributed by atoms with van der Waals surface area (Å²) < 4.78 is 45.7. The van der Waals surface area contributed by atoms with Gasteiger partial charge in [0, 0.05) is 25.3 Å². The first-order valence-corrected chi connectivity index (χ1v) is 10.7. The first kappa shape index (κ1) is 26.6. The Balaban J connectivity index is 2.10. The Morgan fingerprint density at radius 1 is 1.15 bits per heavy atom. The van der Waals surface area contributed by atoms with Crippen molar-refractivity contribution in [2.24, 2.45) is 11.8 Å². The normalized spacial score (nSPS) is 22.5. The first-order valence-electron chi connectivity index (χ1n) is 10.7. The maximum Gasteiger partial charge on any atom is 0.522 e. The van der Waals surface area contributed by atoms with Crippen molar-refractivity contribution in [2.75, 3.05) is 13.2 Å². The first-order chi connectivity index (χ1) is 15.4. The summed E-state index contributed by atoms with van der Waals surface area (Å²) >= 11 is 0. The van der Waals surface area contributed by atoms with E-state index in [1.165, 1.54) is 0 Å². The molecule has 3 N–H and O–H groups in total. The highest BCUT2D eigenvalue weighted by Gasteiger charge is 2.37. The van der Waals surface area contributed by atoms with Crippen molar-refractivity contribution in [3.63, 3.8) is 0 Å². The van der Waals surface area contributed by atoms with Crippen LogP contribution in [-0.4, -0.2) is 67.2 Å². The number of ether oxygens (including phenoxy) is 2. The second-order valence-corrected chi connectivity index (χ2v) is 8.48. The Labute approximate surface area is 188 Å². The molecule has 0 aromatic rings. The highest BCUT2D eigenvalue weighted by atomic mass is 19.4. The number of hydrogen-bond donors (Lipinski definition) is 3. The molecule has 2 fully saturated rings. The average molecular weight is 479 g/mol. The SMILES string of the molecule is CC(C)C[C@H](NC(=O)C1CCC(=O)O1)C(=O)N[C@@H](C[C@@H]1CCNC1=O)C(=O)COC(F)(F)F. The lowest BCUT2D eigenvalue weighted by Gasteiger charge is -2.25. The van der Waals surface area contributed by atoms with Gasteiger partial charge >= 0.3 is 12.3 Å². The summed E-state index contributed by atoms with van der Waals surface area (Å²) in [6.45, 7) is 2.58. The van der Waals surface area contributed by atoms with Crippen molar-refractivity contribution in [1.82, 2.24) is 16.0 Å². The molecule has 2 heterocycles. The van der Waals surface area contributed by atoms with Gasteiger partial charge in [-0.2, -0.15) is 0 Å². The molecule has 4 atom stereocenters. The molecule has 13 heteroatoms. The predicted octanol–water partition coefficient (Wildman–Crippen LogP) is 0.339. The van der Waals surface area contributed by atoms with Crippen LogP contribution in [0.25, 0.3) is 0 Å². The number of halogens is 3. The Morgan fingerprint density at radius 2 is 1.85 bits per heavy atom. The molecule has 2 saturated heterocycles. The highest BCUT2D eigenvalue weighted by Crippen LogP contribution is 2.20. The molecule has 2 aliphatic rings. The van der Waals surface area contributed by atoms with Crippen LogP contribution in [0.1, 0.15) is 46.0 Å². The van der Waals surface area contributed by atoms with Gasteiger partial charge in [-0.3, -0.25) is 28.7 Å². The molecule has 0 radical (unpaired) electrons. The molecular formula is C20H28F3N3O7. The third-order valence-corrected chi connectivity index (χ3v) is 5.28. The molecule has 0 aliphatic carbocycles. The van der Waals surface area contributed by atoms with Crippen molar-refractivity contribution in [3.05, 3.63) is 0 Å². The van der Waals surface area contributed by atoms with Crippen LogP contribution in [0, 0.1) is 11.8 Å². The van der Waals surface area contributed by atoms with Gasteiger partial charge in [-0.15, -0.1) is 13.2 Å². The molecule has 2 aliphatic heterocycles. The van der Waals surface area contributed by atoms with Gasteiger partial charge in [-0.1, -0.05) is 13.8 Å². The number of carbonyl (C=O) groups is 5. The van der Waals surface area contributed by atoms with E-state index in [1.807, 2.05) is 0 Å². The molecule has 3 amide bonds. The molecule has 186 valence electrons. The molecule has 0 spiro atoms. The number of esters is 1. The number of rotatable bonds is 11. The van der Waals surface area contributed by atoms with Gasteiger partial charge in [0.25, 0.3) is 5.91 Å².